The van der Waals surface area contributed by atoms with E-state index < -0.39 is 0 Å². The molecule has 90 valence electrons. The van der Waals surface area contributed by atoms with Crippen molar-refractivity contribution in [1.29, 1.82) is 0 Å². The fourth-order valence-electron chi connectivity index (χ4n) is 1.84. The van der Waals surface area contributed by atoms with Gasteiger partial charge in [-0.1, -0.05) is 58.0 Å². The van der Waals surface area contributed by atoms with E-state index in [9.17, 15) is 0 Å². The normalized spacial score (nSPS) is 15.8. The molecule has 16 heavy (non-hydrogen) atoms. The number of nitrogens with two attached hydrogens (primary N) is 1. The third kappa shape index (κ3) is 4.36. The van der Waals surface area contributed by atoms with E-state index in [4.69, 9.17) is 5.73 Å². The molecule has 1 heteroatoms. The maximum absolute atomic E-state index is 6.27. The maximum Gasteiger partial charge on any atom is 0.0320 e. The lowest BCUT2D eigenvalue weighted by atomic mass is 9.83. The van der Waals surface area contributed by atoms with Gasteiger partial charge in [0.25, 0.3) is 0 Å². The summed E-state index contributed by atoms with van der Waals surface area (Å²) in [5.41, 5.74) is 7.93. The van der Waals surface area contributed by atoms with E-state index in [0.29, 0.717) is 11.3 Å². The summed E-state index contributed by atoms with van der Waals surface area (Å²) in [6.45, 7) is 9.11. The second kappa shape index (κ2) is 5.49. The molecule has 0 aliphatic carbocycles. The Morgan fingerprint density at radius 2 is 1.69 bits per heavy atom. The van der Waals surface area contributed by atoms with E-state index in [1.807, 2.05) is 6.07 Å². The van der Waals surface area contributed by atoms with Crippen LogP contribution in [0.15, 0.2) is 30.3 Å². The molecule has 0 fully saturated rings. The highest BCUT2D eigenvalue weighted by atomic mass is 14.6. The van der Waals surface area contributed by atoms with Gasteiger partial charge in [-0.25, -0.2) is 0 Å². The van der Waals surface area contributed by atoms with Gasteiger partial charge in [-0.05, 0) is 29.7 Å². The predicted molar refractivity (Wildman–Crippen MR) is 71.2 cm³/mol. The molecule has 1 nitrogen and oxygen atoms in total. The third-order valence-electron chi connectivity index (χ3n) is 3.15. The summed E-state index contributed by atoms with van der Waals surface area (Å²) in [5, 5.41) is 0. The molecule has 1 aromatic rings. The minimum Gasteiger partial charge on any atom is -0.324 e. The lowest BCUT2D eigenvalue weighted by molar-refractivity contribution is 0.310. The van der Waals surface area contributed by atoms with Gasteiger partial charge in [0.15, 0.2) is 0 Å². The zero-order valence-electron chi connectivity index (χ0n) is 11.0. The van der Waals surface area contributed by atoms with Crippen molar-refractivity contribution in [2.75, 3.05) is 0 Å². The highest BCUT2D eigenvalue weighted by Gasteiger charge is 2.18. The topological polar surface area (TPSA) is 26.0 Å². The molecule has 0 saturated carbocycles. The molecule has 0 aromatic heterocycles. The zero-order valence-corrected chi connectivity index (χ0v) is 11.0. The molecule has 1 rings (SSSR count). The predicted octanol–water partition coefficient (Wildman–Crippen LogP) is 4.15. The van der Waals surface area contributed by atoms with Crippen molar-refractivity contribution in [1.82, 2.24) is 0 Å². The van der Waals surface area contributed by atoms with Gasteiger partial charge in [0.1, 0.15) is 0 Å². The Hall–Kier alpha value is -0.820. The smallest absolute Gasteiger partial charge is 0.0320 e. The van der Waals surface area contributed by atoms with Crippen LogP contribution in [0.25, 0.3) is 0 Å². The Morgan fingerprint density at radius 3 is 2.19 bits per heavy atom. The Balaban J connectivity index is 2.52. The largest absolute Gasteiger partial charge is 0.324 e. The quantitative estimate of drug-likeness (QED) is 0.809. The van der Waals surface area contributed by atoms with Crippen LogP contribution >= 0.6 is 0 Å². The molecule has 1 aromatic carbocycles. The summed E-state index contributed by atoms with van der Waals surface area (Å²) in [6, 6.07) is 10.6. The summed E-state index contributed by atoms with van der Waals surface area (Å²) in [4.78, 5) is 0. The molecule has 0 aliphatic heterocycles. The van der Waals surface area contributed by atoms with E-state index in [1.165, 1.54) is 18.4 Å². The van der Waals surface area contributed by atoms with Crippen LogP contribution in [0.4, 0.5) is 0 Å². The van der Waals surface area contributed by atoms with Crippen LogP contribution in [-0.2, 0) is 0 Å². The minimum absolute atomic E-state index is 0.170. The van der Waals surface area contributed by atoms with Crippen molar-refractivity contribution < 1.29 is 0 Å². The molecular formula is C15H25N. The van der Waals surface area contributed by atoms with E-state index in [-0.39, 0.29) is 6.04 Å². The van der Waals surface area contributed by atoms with Crippen molar-refractivity contribution in [2.24, 2.45) is 17.1 Å². The molecule has 0 aliphatic rings. The van der Waals surface area contributed by atoms with E-state index in [1.54, 1.807) is 0 Å². The summed E-state index contributed by atoms with van der Waals surface area (Å²) in [5.74, 6) is 0.543. The second-order valence-electron chi connectivity index (χ2n) is 6.01. The maximum atomic E-state index is 6.27. The van der Waals surface area contributed by atoms with Crippen molar-refractivity contribution >= 4 is 0 Å². The Labute approximate surface area is 100 Å². The summed E-state index contributed by atoms with van der Waals surface area (Å²) in [7, 11) is 0. The summed E-state index contributed by atoms with van der Waals surface area (Å²) < 4.78 is 0. The average Bonchev–Trinajstić information content (AvgIpc) is 2.25. The van der Waals surface area contributed by atoms with Crippen LogP contribution < -0.4 is 5.73 Å². The third-order valence-corrected chi connectivity index (χ3v) is 3.15. The first-order valence-electron chi connectivity index (χ1n) is 6.21. The highest BCUT2D eigenvalue weighted by molar-refractivity contribution is 5.18. The lowest BCUT2D eigenvalue weighted by Crippen LogP contribution is -2.20. The number of benzene rings is 1. The molecule has 0 bridgehead atoms. The van der Waals surface area contributed by atoms with Crippen molar-refractivity contribution in [3.63, 3.8) is 0 Å². The number of hydrogen-bond donors (Lipinski definition) is 1. The van der Waals surface area contributed by atoms with Crippen LogP contribution in [0.3, 0.4) is 0 Å². The zero-order chi connectivity index (χ0) is 12.2. The van der Waals surface area contributed by atoms with Crippen molar-refractivity contribution in [2.45, 2.75) is 46.6 Å². The lowest BCUT2D eigenvalue weighted by Gasteiger charge is -2.25. The van der Waals surface area contributed by atoms with E-state index in [0.717, 1.165) is 0 Å². The molecular weight excluding hydrogens is 194 g/mol. The SMILES string of the molecule is CC(CCC(C)(C)C)C(N)c1ccccc1. The van der Waals surface area contributed by atoms with Crippen LogP contribution in [0.5, 0.6) is 0 Å². The Kier molecular flexibility index (Phi) is 4.55. The number of hydrogen-bond acceptors (Lipinski definition) is 1. The van der Waals surface area contributed by atoms with E-state index in [2.05, 4.69) is 52.0 Å². The molecule has 0 amide bonds. The van der Waals surface area contributed by atoms with Gasteiger partial charge < -0.3 is 5.73 Å². The van der Waals surface area contributed by atoms with Crippen LogP contribution in [0.1, 0.15) is 52.1 Å². The van der Waals surface area contributed by atoms with Gasteiger partial charge in [0.2, 0.25) is 0 Å². The monoisotopic (exact) mass is 219 g/mol. The van der Waals surface area contributed by atoms with Crippen LogP contribution in [-0.4, -0.2) is 0 Å². The standard InChI is InChI=1S/C15H25N/c1-12(10-11-15(2,3)4)14(16)13-8-6-5-7-9-13/h5-9,12,14H,10-11,16H2,1-4H3. The highest BCUT2D eigenvalue weighted by Crippen LogP contribution is 2.28. The fraction of sp³-hybridized carbons (Fsp3) is 0.600. The van der Waals surface area contributed by atoms with Gasteiger partial charge >= 0.3 is 0 Å². The van der Waals surface area contributed by atoms with Gasteiger partial charge in [-0.2, -0.15) is 0 Å². The van der Waals surface area contributed by atoms with Crippen molar-refractivity contribution in [3.8, 4) is 0 Å². The first-order valence-corrected chi connectivity index (χ1v) is 6.21. The second-order valence-corrected chi connectivity index (χ2v) is 6.01. The first kappa shape index (κ1) is 13.2. The Bertz CT molecular complexity index is 297. The molecule has 0 heterocycles. The summed E-state index contributed by atoms with van der Waals surface area (Å²) in [6.07, 6.45) is 2.42. The minimum atomic E-state index is 0.170. The van der Waals surface area contributed by atoms with E-state index >= 15 is 0 Å². The molecule has 0 radical (unpaired) electrons. The first-order chi connectivity index (χ1) is 7.40. The van der Waals surface area contributed by atoms with Gasteiger partial charge in [0, 0.05) is 6.04 Å². The Morgan fingerprint density at radius 1 is 1.12 bits per heavy atom. The molecule has 0 spiro atoms. The molecule has 0 saturated heterocycles. The number of rotatable bonds is 4. The van der Waals surface area contributed by atoms with Gasteiger partial charge in [0.05, 0.1) is 0 Å². The van der Waals surface area contributed by atoms with Crippen LogP contribution in [0.2, 0.25) is 0 Å². The van der Waals surface area contributed by atoms with Gasteiger partial charge in [-0.3, -0.25) is 0 Å². The van der Waals surface area contributed by atoms with Crippen LogP contribution in [0, 0.1) is 11.3 Å². The van der Waals surface area contributed by atoms with Gasteiger partial charge in [-0.15, -0.1) is 0 Å². The summed E-state index contributed by atoms with van der Waals surface area (Å²) >= 11 is 0. The molecule has 2 atom stereocenters. The van der Waals surface area contributed by atoms with Crippen molar-refractivity contribution in [3.05, 3.63) is 35.9 Å². The fourth-order valence-corrected chi connectivity index (χ4v) is 1.84. The molecule has 2 unspecified atom stereocenters. The average molecular weight is 219 g/mol. The molecule has 2 N–H and O–H groups in total.